The van der Waals surface area contributed by atoms with Gasteiger partial charge in [-0.25, -0.2) is 4.98 Å². The third-order valence-electron chi connectivity index (χ3n) is 6.92. The van der Waals surface area contributed by atoms with Gasteiger partial charge in [0.2, 0.25) is 0 Å². The van der Waals surface area contributed by atoms with E-state index in [1.54, 1.807) is 40.0 Å². The molecule has 0 spiro atoms. The number of unbranched alkanes of at least 4 members (excludes halogenated alkanes) is 2. The molecule has 0 aliphatic heterocycles. The minimum Gasteiger partial charge on any atom is -0.314 e. The second kappa shape index (κ2) is 14.2. The highest BCUT2D eigenvalue weighted by Gasteiger charge is 2.16. The summed E-state index contributed by atoms with van der Waals surface area (Å²) >= 11 is 11.8. The number of halogens is 2. The van der Waals surface area contributed by atoms with E-state index in [9.17, 15) is 9.59 Å². The predicted molar refractivity (Wildman–Crippen MR) is 175 cm³/mol. The molecule has 7 nitrogen and oxygen atoms in total. The molecule has 3 heterocycles. The van der Waals surface area contributed by atoms with Gasteiger partial charge < -0.3 is 9.13 Å². The summed E-state index contributed by atoms with van der Waals surface area (Å²) in [6.45, 7) is 0.996. The van der Waals surface area contributed by atoms with E-state index < -0.39 is 0 Å². The summed E-state index contributed by atoms with van der Waals surface area (Å²) in [6.07, 6.45) is 10.1. The lowest BCUT2D eigenvalue weighted by Gasteiger charge is -2.13. The molecule has 3 aromatic heterocycles. The molecular formula is C33H31Cl2N5O2. The van der Waals surface area contributed by atoms with Crippen LogP contribution in [0, 0.1) is 0 Å². The maximum atomic E-state index is 13.7. The van der Waals surface area contributed by atoms with Crippen LogP contribution in [0.5, 0.6) is 0 Å². The summed E-state index contributed by atoms with van der Waals surface area (Å²) in [5.41, 5.74) is 3.47. The number of aliphatic imine (C=N–C) groups is 2. The number of aromatic nitrogens is 3. The fourth-order valence-corrected chi connectivity index (χ4v) is 5.13. The molecule has 0 saturated heterocycles. The SMILES string of the molecule is O=c1c2cc3c(=O)n(CCCCCl)cc(C=Nc4ccccc4)c3nc2c(C=Nc2ccccc2)cn1CCCCCl. The van der Waals surface area contributed by atoms with Crippen molar-refractivity contribution in [3.63, 3.8) is 0 Å². The first kappa shape index (κ1) is 29.4. The fourth-order valence-electron chi connectivity index (χ4n) is 4.75. The van der Waals surface area contributed by atoms with Crippen molar-refractivity contribution < 1.29 is 0 Å². The van der Waals surface area contributed by atoms with Crippen LogP contribution in [0.2, 0.25) is 0 Å². The summed E-state index contributed by atoms with van der Waals surface area (Å²) in [5.74, 6) is 1.04. The van der Waals surface area contributed by atoms with Crippen molar-refractivity contribution in [2.24, 2.45) is 9.98 Å². The highest BCUT2D eigenvalue weighted by molar-refractivity contribution is 6.18. The van der Waals surface area contributed by atoms with Gasteiger partial charge in [0.05, 0.1) is 33.2 Å². The van der Waals surface area contributed by atoms with Gasteiger partial charge in [-0.2, -0.15) is 0 Å². The molecule has 42 heavy (non-hydrogen) atoms. The Morgan fingerprint density at radius 1 is 0.643 bits per heavy atom. The molecule has 0 fully saturated rings. The quantitative estimate of drug-likeness (QED) is 0.0655. The zero-order valence-electron chi connectivity index (χ0n) is 23.1. The van der Waals surface area contributed by atoms with E-state index in [1.165, 1.54) is 0 Å². The molecule has 0 bridgehead atoms. The number of rotatable bonds is 12. The van der Waals surface area contributed by atoms with Gasteiger partial charge in [-0.15, -0.1) is 23.2 Å². The van der Waals surface area contributed by atoms with Crippen LogP contribution in [0.25, 0.3) is 21.8 Å². The number of fused-ring (bicyclic) bond motifs is 2. The van der Waals surface area contributed by atoms with Gasteiger partial charge in [0.15, 0.2) is 0 Å². The van der Waals surface area contributed by atoms with Crippen LogP contribution in [0.3, 0.4) is 0 Å². The Kier molecular flexibility index (Phi) is 9.95. The van der Waals surface area contributed by atoms with E-state index in [0.717, 1.165) is 37.1 Å². The number of benzene rings is 2. The zero-order valence-corrected chi connectivity index (χ0v) is 24.6. The van der Waals surface area contributed by atoms with E-state index in [1.807, 2.05) is 60.7 Å². The third-order valence-corrected chi connectivity index (χ3v) is 7.46. The van der Waals surface area contributed by atoms with Crippen molar-refractivity contribution in [2.45, 2.75) is 38.8 Å². The molecule has 2 aromatic carbocycles. The van der Waals surface area contributed by atoms with Crippen LogP contribution in [-0.4, -0.2) is 38.3 Å². The number of hydrogen-bond donors (Lipinski definition) is 0. The Morgan fingerprint density at radius 3 is 1.48 bits per heavy atom. The van der Waals surface area contributed by atoms with E-state index >= 15 is 0 Å². The van der Waals surface area contributed by atoms with Gasteiger partial charge in [-0.05, 0) is 56.0 Å². The molecule has 9 heteroatoms. The van der Waals surface area contributed by atoms with Crippen LogP contribution in [-0.2, 0) is 13.1 Å². The van der Waals surface area contributed by atoms with Gasteiger partial charge >= 0.3 is 0 Å². The minimum atomic E-state index is -0.206. The number of para-hydroxylation sites is 2. The summed E-state index contributed by atoms with van der Waals surface area (Å²) in [4.78, 5) is 41.6. The monoisotopic (exact) mass is 599 g/mol. The lowest BCUT2D eigenvalue weighted by molar-refractivity contribution is 0.617. The second-order valence-corrected chi connectivity index (χ2v) is 10.7. The molecule has 0 saturated carbocycles. The predicted octanol–water partition coefficient (Wildman–Crippen LogP) is 7.25. The maximum absolute atomic E-state index is 13.7. The Morgan fingerprint density at radius 2 is 1.07 bits per heavy atom. The normalized spacial score (nSPS) is 11.9. The first-order valence-corrected chi connectivity index (χ1v) is 15.1. The molecule has 5 aromatic rings. The van der Waals surface area contributed by atoms with Gasteiger partial charge in [0.25, 0.3) is 11.1 Å². The Hall–Kier alpha value is -4.07. The molecule has 0 unspecified atom stereocenters. The Labute approximate surface area is 253 Å². The first-order chi connectivity index (χ1) is 20.6. The Bertz CT molecular complexity index is 1720. The fraction of sp³-hybridized carbons (Fsp3) is 0.242. The molecule has 5 rings (SSSR count). The summed E-state index contributed by atoms with van der Waals surface area (Å²) < 4.78 is 3.32. The van der Waals surface area contributed by atoms with Crippen LogP contribution in [0.1, 0.15) is 36.8 Å². The van der Waals surface area contributed by atoms with Gasteiger partial charge in [-0.3, -0.25) is 19.6 Å². The molecule has 0 aliphatic carbocycles. The van der Waals surface area contributed by atoms with E-state index in [-0.39, 0.29) is 11.1 Å². The lowest BCUT2D eigenvalue weighted by atomic mass is 10.1. The van der Waals surface area contributed by atoms with Crippen molar-refractivity contribution in [3.05, 3.63) is 111 Å². The summed E-state index contributed by atoms with van der Waals surface area (Å²) in [7, 11) is 0. The summed E-state index contributed by atoms with van der Waals surface area (Å²) in [6, 6.07) is 20.8. The van der Waals surface area contributed by atoms with Crippen molar-refractivity contribution in [3.8, 4) is 0 Å². The zero-order chi connectivity index (χ0) is 29.3. The number of nitrogens with zero attached hydrogens (tertiary/aromatic N) is 5. The van der Waals surface area contributed by atoms with Gasteiger partial charge in [0.1, 0.15) is 0 Å². The highest BCUT2D eigenvalue weighted by atomic mass is 35.5. The number of aryl methyl sites for hydroxylation is 2. The van der Waals surface area contributed by atoms with Crippen LogP contribution in [0.15, 0.2) is 98.7 Å². The molecule has 0 atom stereocenters. The molecular weight excluding hydrogens is 569 g/mol. The molecule has 0 N–H and O–H groups in total. The Balaban J connectivity index is 1.74. The second-order valence-electron chi connectivity index (χ2n) is 9.93. The maximum Gasteiger partial charge on any atom is 0.260 e. The number of pyridine rings is 3. The largest absolute Gasteiger partial charge is 0.314 e. The molecule has 0 amide bonds. The van der Waals surface area contributed by atoms with Crippen LogP contribution < -0.4 is 11.1 Å². The minimum absolute atomic E-state index is 0.206. The average Bonchev–Trinajstić information content (AvgIpc) is 3.02. The van der Waals surface area contributed by atoms with Crippen molar-refractivity contribution in [1.82, 2.24) is 14.1 Å². The van der Waals surface area contributed by atoms with Gasteiger partial charge in [-0.1, -0.05) is 36.4 Å². The van der Waals surface area contributed by atoms with Crippen molar-refractivity contribution in [1.29, 1.82) is 0 Å². The number of alkyl halides is 2. The number of hydrogen-bond acceptors (Lipinski definition) is 5. The van der Waals surface area contributed by atoms with Crippen molar-refractivity contribution >= 4 is 68.8 Å². The molecule has 0 aliphatic rings. The van der Waals surface area contributed by atoms with Crippen molar-refractivity contribution in [2.75, 3.05) is 11.8 Å². The van der Waals surface area contributed by atoms with E-state index in [4.69, 9.17) is 28.2 Å². The topological polar surface area (TPSA) is 81.6 Å². The smallest absolute Gasteiger partial charge is 0.260 e. The van der Waals surface area contributed by atoms with Crippen LogP contribution in [0.4, 0.5) is 11.4 Å². The first-order valence-electron chi connectivity index (χ1n) is 14.0. The summed E-state index contributed by atoms with van der Waals surface area (Å²) in [5, 5.41) is 0.735. The van der Waals surface area contributed by atoms with E-state index in [0.29, 0.717) is 57.8 Å². The van der Waals surface area contributed by atoms with Crippen LogP contribution >= 0.6 is 23.2 Å². The molecule has 0 radical (unpaired) electrons. The highest BCUT2D eigenvalue weighted by Crippen LogP contribution is 2.22. The van der Waals surface area contributed by atoms with Gasteiger partial charge in [0, 0.05) is 60.8 Å². The van der Waals surface area contributed by atoms with E-state index in [2.05, 4.69) is 9.98 Å². The standard InChI is InChI=1S/C33H31Cl2N5O2/c34-15-7-9-17-39-22-24(20-36-26-11-3-1-4-12-26)30-28(32(39)41)19-29-31(38-30)25(21-37-27-13-5-2-6-14-27)23-40(33(29)42)18-10-8-16-35/h1-6,11-14,19-23H,7-10,15-18H2. The lowest BCUT2D eigenvalue weighted by Crippen LogP contribution is -2.24. The average molecular weight is 601 g/mol. The molecule has 214 valence electrons. The third kappa shape index (κ3) is 6.86.